The molecule has 0 amide bonds. The maximum absolute atomic E-state index is 12.7. The van der Waals surface area contributed by atoms with E-state index < -0.39 is 5.41 Å². The minimum atomic E-state index is -0.596. The number of nitrogens with zero attached hydrogens (tertiary/aromatic N) is 1. The number of allylic oxidation sites excluding steroid dienone is 1. The molecule has 0 atom stereocenters. The van der Waals surface area contributed by atoms with E-state index in [-0.39, 0.29) is 17.2 Å². The van der Waals surface area contributed by atoms with Crippen LogP contribution in [0.4, 0.5) is 4.39 Å². The number of carbonyl (C=O) groups is 1. The van der Waals surface area contributed by atoms with Gasteiger partial charge in [-0.05, 0) is 23.8 Å². The zero-order valence-electron chi connectivity index (χ0n) is 10.1. The fourth-order valence-electron chi connectivity index (χ4n) is 1.28. The van der Waals surface area contributed by atoms with Crippen molar-refractivity contribution in [3.05, 3.63) is 41.2 Å². The van der Waals surface area contributed by atoms with E-state index in [1.165, 1.54) is 30.3 Å². The van der Waals surface area contributed by atoms with Gasteiger partial charge in [0.1, 0.15) is 11.9 Å². The number of ketones is 1. The van der Waals surface area contributed by atoms with Crippen LogP contribution in [0.15, 0.2) is 29.8 Å². The molecule has 2 nitrogen and oxygen atoms in total. The molecule has 0 spiro atoms. The van der Waals surface area contributed by atoms with Gasteiger partial charge in [0, 0.05) is 5.41 Å². The summed E-state index contributed by atoms with van der Waals surface area (Å²) < 4.78 is 12.7. The predicted octanol–water partition coefficient (Wildman–Crippen LogP) is 3.35. The lowest BCUT2D eigenvalue weighted by atomic mass is 9.86. The second kappa shape index (κ2) is 4.92. The van der Waals surface area contributed by atoms with Crippen LogP contribution in [0.25, 0.3) is 6.08 Å². The fourth-order valence-corrected chi connectivity index (χ4v) is 1.28. The standard InChI is InChI=1S/C14H14FNO/c1-14(2,3)13(17)11(9-16)8-10-4-6-12(15)7-5-10/h4-8H,1-3H3/b11-8+. The van der Waals surface area contributed by atoms with E-state index in [2.05, 4.69) is 0 Å². The number of hydrogen-bond donors (Lipinski definition) is 0. The normalized spacial score (nSPS) is 12.1. The first-order valence-electron chi connectivity index (χ1n) is 5.27. The predicted molar refractivity (Wildman–Crippen MR) is 64.5 cm³/mol. The van der Waals surface area contributed by atoms with Crippen molar-refractivity contribution in [2.24, 2.45) is 5.41 Å². The number of hydrogen-bond acceptors (Lipinski definition) is 2. The van der Waals surface area contributed by atoms with Gasteiger partial charge in [-0.1, -0.05) is 32.9 Å². The Morgan fingerprint density at radius 1 is 1.29 bits per heavy atom. The topological polar surface area (TPSA) is 40.9 Å². The van der Waals surface area contributed by atoms with Crippen LogP contribution in [0.3, 0.4) is 0 Å². The molecule has 0 aliphatic heterocycles. The lowest BCUT2D eigenvalue weighted by Gasteiger charge is -2.15. The largest absolute Gasteiger partial charge is 0.293 e. The van der Waals surface area contributed by atoms with E-state index in [1.807, 2.05) is 6.07 Å². The van der Waals surface area contributed by atoms with E-state index in [9.17, 15) is 9.18 Å². The third-order valence-electron chi connectivity index (χ3n) is 2.23. The van der Waals surface area contributed by atoms with Crippen LogP contribution in [0.2, 0.25) is 0 Å². The van der Waals surface area contributed by atoms with Crippen molar-refractivity contribution in [1.82, 2.24) is 0 Å². The van der Waals surface area contributed by atoms with Crippen molar-refractivity contribution in [3.63, 3.8) is 0 Å². The maximum Gasteiger partial charge on any atom is 0.178 e. The molecule has 1 aromatic carbocycles. The molecule has 0 aliphatic rings. The van der Waals surface area contributed by atoms with Crippen LogP contribution in [0.5, 0.6) is 0 Å². The molecule has 3 heteroatoms. The summed E-state index contributed by atoms with van der Waals surface area (Å²) in [7, 11) is 0. The highest BCUT2D eigenvalue weighted by Gasteiger charge is 2.24. The molecule has 17 heavy (non-hydrogen) atoms. The third kappa shape index (κ3) is 3.53. The number of rotatable bonds is 2. The second-order valence-electron chi connectivity index (χ2n) is 4.80. The monoisotopic (exact) mass is 231 g/mol. The zero-order valence-corrected chi connectivity index (χ0v) is 10.1. The van der Waals surface area contributed by atoms with Gasteiger partial charge in [0.05, 0.1) is 5.57 Å². The Balaban J connectivity index is 3.08. The van der Waals surface area contributed by atoms with Crippen molar-refractivity contribution < 1.29 is 9.18 Å². The molecular formula is C14H14FNO. The summed E-state index contributed by atoms with van der Waals surface area (Å²) in [6.45, 7) is 5.27. The minimum Gasteiger partial charge on any atom is -0.293 e. The smallest absolute Gasteiger partial charge is 0.178 e. The number of halogens is 1. The Morgan fingerprint density at radius 2 is 1.82 bits per heavy atom. The van der Waals surface area contributed by atoms with Gasteiger partial charge >= 0.3 is 0 Å². The molecule has 0 unspecified atom stereocenters. The molecule has 1 aromatic rings. The van der Waals surface area contributed by atoms with Gasteiger partial charge in [-0.25, -0.2) is 4.39 Å². The minimum absolute atomic E-state index is 0.0871. The summed E-state index contributed by atoms with van der Waals surface area (Å²) in [6.07, 6.45) is 1.48. The van der Waals surface area contributed by atoms with E-state index in [0.29, 0.717) is 5.56 Å². The Morgan fingerprint density at radius 3 is 2.24 bits per heavy atom. The molecule has 0 aromatic heterocycles. The van der Waals surface area contributed by atoms with Crippen LogP contribution in [0.1, 0.15) is 26.3 Å². The Hall–Kier alpha value is -1.95. The number of Topliss-reactive ketones (excluding diaryl/α,β-unsaturated/α-hetero) is 1. The highest BCUT2D eigenvalue weighted by atomic mass is 19.1. The van der Waals surface area contributed by atoms with Gasteiger partial charge < -0.3 is 0 Å². The highest BCUT2D eigenvalue weighted by molar-refractivity contribution is 6.06. The van der Waals surface area contributed by atoms with E-state index >= 15 is 0 Å². The summed E-state index contributed by atoms with van der Waals surface area (Å²) in [5.74, 6) is -0.563. The Labute approximate surface area is 100 Å². The highest BCUT2D eigenvalue weighted by Crippen LogP contribution is 2.21. The van der Waals surface area contributed by atoms with E-state index in [4.69, 9.17) is 5.26 Å². The van der Waals surface area contributed by atoms with Crippen molar-refractivity contribution in [1.29, 1.82) is 5.26 Å². The average molecular weight is 231 g/mol. The van der Waals surface area contributed by atoms with Gasteiger partial charge in [0.15, 0.2) is 5.78 Å². The molecule has 0 aliphatic carbocycles. The quantitative estimate of drug-likeness (QED) is 0.578. The van der Waals surface area contributed by atoms with Gasteiger partial charge in [-0.2, -0.15) is 5.26 Å². The first-order chi connectivity index (χ1) is 7.84. The molecule has 0 radical (unpaired) electrons. The molecule has 0 saturated carbocycles. The first-order valence-corrected chi connectivity index (χ1v) is 5.27. The van der Waals surface area contributed by atoms with Crippen LogP contribution < -0.4 is 0 Å². The molecule has 0 fully saturated rings. The van der Waals surface area contributed by atoms with Crippen LogP contribution in [0, 0.1) is 22.6 Å². The van der Waals surface area contributed by atoms with Crippen molar-refractivity contribution in [2.75, 3.05) is 0 Å². The summed E-state index contributed by atoms with van der Waals surface area (Å²) in [5, 5.41) is 8.96. The summed E-state index contributed by atoms with van der Waals surface area (Å²) in [6, 6.07) is 7.54. The number of nitriles is 1. The van der Waals surface area contributed by atoms with Gasteiger partial charge in [0.25, 0.3) is 0 Å². The summed E-state index contributed by atoms with van der Waals surface area (Å²) in [4.78, 5) is 11.9. The summed E-state index contributed by atoms with van der Waals surface area (Å²) in [5.41, 5.74) is 0.131. The van der Waals surface area contributed by atoms with Gasteiger partial charge in [0.2, 0.25) is 0 Å². The lowest BCUT2D eigenvalue weighted by molar-refractivity contribution is -0.121. The summed E-state index contributed by atoms with van der Waals surface area (Å²) >= 11 is 0. The number of benzene rings is 1. The Bertz CT molecular complexity index is 486. The molecule has 88 valence electrons. The fraction of sp³-hybridized carbons (Fsp3) is 0.286. The number of carbonyl (C=O) groups excluding carboxylic acids is 1. The van der Waals surface area contributed by atoms with E-state index in [1.54, 1.807) is 20.8 Å². The van der Waals surface area contributed by atoms with Gasteiger partial charge in [-0.3, -0.25) is 4.79 Å². The lowest BCUT2D eigenvalue weighted by Crippen LogP contribution is -2.21. The van der Waals surface area contributed by atoms with Gasteiger partial charge in [-0.15, -0.1) is 0 Å². The first kappa shape index (κ1) is 13.1. The van der Waals surface area contributed by atoms with Crippen LogP contribution >= 0.6 is 0 Å². The third-order valence-corrected chi connectivity index (χ3v) is 2.23. The molecule has 0 heterocycles. The van der Waals surface area contributed by atoms with E-state index in [0.717, 1.165) is 0 Å². The molecule has 1 rings (SSSR count). The second-order valence-corrected chi connectivity index (χ2v) is 4.80. The molecule has 0 bridgehead atoms. The van der Waals surface area contributed by atoms with Crippen LogP contribution in [-0.4, -0.2) is 5.78 Å². The molecule has 0 N–H and O–H groups in total. The van der Waals surface area contributed by atoms with Crippen molar-refractivity contribution in [3.8, 4) is 6.07 Å². The maximum atomic E-state index is 12.7. The Kier molecular flexibility index (Phi) is 3.80. The SMILES string of the molecule is CC(C)(C)C(=O)/C(C#N)=C/c1ccc(F)cc1. The average Bonchev–Trinajstić information content (AvgIpc) is 2.26. The van der Waals surface area contributed by atoms with Crippen molar-refractivity contribution >= 4 is 11.9 Å². The zero-order chi connectivity index (χ0) is 13.1. The molecular weight excluding hydrogens is 217 g/mol. The van der Waals surface area contributed by atoms with Crippen molar-refractivity contribution in [2.45, 2.75) is 20.8 Å². The molecule has 0 saturated heterocycles. The van der Waals surface area contributed by atoms with Crippen LogP contribution in [-0.2, 0) is 4.79 Å².